The molecule has 0 aliphatic carbocycles. The topological polar surface area (TPSA) is 57.2 Å². The molecule has 39 heavy (non-hydrogen) atoms. The van der Waals surface area contributed by atoms with Crippen molar-refractivity contribution in [1.82, 2.24) is 4.90 Å². The van der Waals surface area contributed by atoms with E-state index < -0.39 is 0 Å². The molecular formula is C30H28Br2ClNO5. The van der Waals surface area contributed by atoms with Gasteiger partial charge < -0.3 is 18.9 Å². The first kappa shape index (κ1) is 29.5. The molecule has 0 atom stereocenters. The van der Waals surface area contributed by atoms with E-state index in [0.717, 1.165) is 25.6 Å². The summed E-state index contributed by atoms with van der Waals surface area (Å²) in [6.07, 6.45) is 3.86. The molecule has 0 spiro atoms. The molecule has 1 saturated heterocycles. The van der Waals surface area contributed by atoms with Crippen LogP contribution in [-0.4, -0.2) is 51.6 Å². The molecule has 9 heteroatoms. The van der Waals surface area contributed by atoms with Crippen LogP contribution < -0.4 is 9.47 Å². The quantitative estimate of drug-likeness (QED) is 0.165. The summed E-state index contributed by atoms with van der Waals surface area (Å²) in [6.45, 7) is 1.90. The highest BCUT2D eigenvalue weighted by Crippen LogP contribution is 2.31. The number of methoxy groups -OCH3 is 2. The van der Waals surface area contributed by atoms with Gasteiger partial charge in [-0.05, 0) is 91.0 Å². The second kappa shape index (κ2) is 14.3. The number of ketones is 1. The highest BCUT2D eigenvalue weighted by atomic mass is 79.9. The molecule has 204 valence electrons. The van der Waals surface area contributed by atoms with Crippen LogP contribution in [-0.2, 0) is 20.8 Å². The number of carbonyl (C=O) groups is 1. The Morgan fingerprint density at radius 3 is 1.79 bits per heavy atom. The van der Waals surface area contributed by atoms with Crippen LogP contribution in [0.15, 0.2) is 80.8 Å². The molecule has 0 amide bonds. The monoisotopic (exact) mass is 675 g/mol. The van der Waals surface area contributed by atoms with E-state index in [1.807, 2.05) is 72.8 Å². The first-order valence-corrected chi connectivity index (χ1v) is 14.1. The number of hydrogen-bond donors (Lipinski definition) is 0. The number of ether oxygens (including phenoxy) is 4. The van der Waals surface area contributed by atoms with Gasteiger partial charge in [-0.25, -0.2) is 0 Å². The van der Waals surface area contributed by atoms with Crippen molar-refractivity contribution in [3.63, 3.8) is 0 Å². The molecule has 0 N–H and O–H groups in total. The lowest BCUT2D eigenvalue weighted by Crippen LogP contribution is -2.37. The zero-order chi connectivity index (χ0) is 27.8. The summed E-state index contributed by atoms with van der Waals surface area (Å²) in [5, 5.41) is 0.705. The maximum absolute atomic E-state index is 13.7. The van der Waals surface area contributed by atoms with Crippen molar-refractivity contribution in [2.24, 2.45) is 0 Å². The van der Waals surface area contributed by atoms with Crippen molar-refractivity contribution in [2.75, 3.05) is 40.9 Å². The van der Waals surface area contributed by atoms with Crippen LogP contribution in [0.25, 0.3) is 12.2 Å². The number of hydrogen-bond acceptors (Lipinski definition) is 6. The number of benzene rings is 3. The van der Waals surface area contributed by atoms with Gasteiger partial charge in [0.2, 0.25) is 0 Å². The van der Waals surface area contributed by atoms with Crippen molar-refractivity contribution in [1.29, 1.82) is 0 Å². The highest BCUT2D eigenvalue weighted by Gasteiger charge is 2.27. The van der Waals surface area contributed by atoms with Gasteiger partial charge in [-0.1, -0.05) is 41.9 Å². The third-order valence-electron chi connectivity index (χ3n) is 5.98. The van der Waals surface area contributed by atoms with Crippen LogP contribution in [0.4, 0.5) is 0 Å². The van der Waals surface area contributed by atoms with Crippen molar-refractivity contribution >= 4 is 61.4 Å². The molecule has 0 saturated carbocycles. The summed E-state index contributed by atoms with van der Waals surface area (Å²) < 4.78 is 22.7. The van der Waals surface area contributed by atoms with E-state index in [0.29, 0.717) is 47.3 Å². The van der Waals surface area contributed by atoms with Crippen LogP contribution in [0, 0.1) is 0 Å². The van der Waals surface area contributed by atoms with E-state index in [1.165, 1.54) is 0 Å². The number of piperidine rings is 1. The molecule has 0 aromatic heterocycles. The largest absolute Gasteiger partial charge is 0.466 e. The lowest BCUT2D eigenvalue weighted by Gasteiger charge is -2.30. The Balaban J connectivity index is 1.66. The Kier molecular flexibility index (Phi) is 10.8. The van der Waals surface area contributed by atoms with E-state index in [1.54, 1.807) is 14.2 Å². The normalized spacial score (nSPS) is 16.2. The van der Waals surface area contributed by atoms with E-state index in [9.17, 15) is 4.79 Å². The molecule has 3 aromatic carbocycles. The summed E-state index contributed by atoms with van der Waals surface area (Å²) in [5.41, 5.74) is 4.16. The Hall–Kier alpha value is -2.46. The van der Waals surface area contributed by atoms with Gasteiger partial charge in [0.25, 0.3) is 0 Å². The minimum Gasteiger partial charge on any atom is -0.466 e. The van der Waals surface area contributed by atoms with Gasteiger partial charge in [0.05, 0.1) is 8.95 Å². The molecular weight excluding hydrogens is 650 g/mol. The van der Waals surface area contributed by atoms with Gasteiger partial charge in [-0.15, -0.1) is 0 Å². The third kappa shape index (κ3) is 8.03. The first-order chi connectivity index (χ1) is 18.9. The number of halogens is 3. The third-order valence-corrected chi connectivity index (χ3v) is 7.59. The van der Waals surface area contributed by atoms with E-state index in [-0.39, 0.29) is 19.4 Å². The molecule has 1 aliphatic rings. The maximum Gasteiger partial charge on any atom is 0.188 e. The average Bonchev–Trinajstić information content (AvgIpc) is 2.91. The first-order valence-electron chi connectivity index (χ1n) is 12.1. The van der Waals surface area contributed by atoms with Crippen molar-refractivity contribution in [3.8, 4) is 11.5 Å². The lowest BCUT2D eigenvalue weighted by molar-refractivity contribution is -0.113. The summed E-state index contributed by atoms with van der Waals surface area (Å²) in [5.74, 6) is 1.34. The molecule has 6 nitrogen and oxygen atoms in total. The van der Waals surface area contributed by atoms with E-state index in [4.69, 9.17) is 30.5 Å². The van der Waals surface area contributed by atoms with E-state index in [2.05, 4.69) is 36.8 Å². The van der Waals surface area contributed by atoms with Gasteiger partial charge in [-0.2, -0.15) is 0 Å². The number of Topliss-reactive ketones (excluding diaryl/α,β-unsaturated/α-hetero) is 1. The van der Waals surface area contributed by atoms with E-state index >= 15 is 0 Å². The van der Waals surface area contributed by atoms with Crippen LogP contribution in [0.1, 0.15) is 16.7 Å². The predicted molar refractivity (Wildman–Crippen MR) is 161 cm³/mol. The highest BCUT2D eigenvalue weighted by molar-refractivity contribution is 9.10. The Labute approximate surface area is 250 Å². The predicted octanol–water partition coefficient (Wildman–Crippen LogP) is 7.38. The lowest BCUT2D eigenvalue weighted by atomic mass is 9.94. The Morgan fingerprint density at radius 1 is 0.821 bits per heavy atom. The Bertz CT molecular complexity index is 1310. The SMILES string of the molecule is COCOc1ccc(/C=C2\CN(Cc3ccccc3Cl)C/C(=C\c3ccc(OCOC)c(Br)c3)C2=O)cc1Br. The smallest absolute Gasteiger partial charge is 0.188 e. The second-order valence-electron chi connectivity index (χ2n) is 8.89. The second-order valence-corrected chi connectivity index (χ2v) is 11.0. The number of carbonyl (C=O) groups excluding carboxylic acids is 1. The molecule has 1 aliphatic heterocycles. The van der Waals surface area contributed by atoms with Gasteiger partial charge >= 0.3 is 0 Å². The van der Waals surface area contributed by atoms with Crippen molar-refractivity contribution in [3.05, 3.63) is 102 Å². The van der Waals surface area contributed by atoms with Crippen LogP contribution in [0.5, 0.6) is 11.5 Å². The molecule has 1 heterocycles. The van der Waals surface area contributed by atoms with Gasteiger partial charge in [0.1, 0.15) is 11.5 Å². The zero-order valence-electron chi connectivity index (χ0n) is 21.6. The zero-order valence-corrected chi connectivity index (χ0v) is 25.5. The van der Waals surface area contributed by atoms with Crippen molar-refractivity contribution < 1.29 is 23.7 Å². The molecule has 0 bridgehead atoms. The fraction of sp³-hybridized carbons (Fsp3) is 0.233. The number of nitrogens with zero attached hydrogens (tertiary/aromatic N) is 1. The molecule has 0 radical (unpaired) electrons. The minimum atomic E-state index is 0.0112. The summed E-state index contributed by atoms with van der Waals surface area (Å²) in [6, 6.07) is 19.2. The molecule has 0 unspecified atom stereocenters. The fourth-order valence-electron chi connectivity index (χ4n) is 4.18. The number of likely N-dealkylation sites (tertiary alicyclic amines) is 1. The average molecular weight is 678 g/mol. The minimum absolute atomic E-state index is 0.0112. The molecule has 3 aromatic rings. The van der Waals surface area contributed by atoms with Crippen LogP contribution >= 0.6 is 43.5 Å². The standard InChI is InChI=1S/C30H28Br2ClNO5/c1-36-18-38-28-9-7-20(13-25(28)31)11-23-16-34(15-22-5-3-4-6-27(22)33)17-24(30(23)35)12-21-8-10-29(26(32)14-21)39-19-37-2/h3-14H,15-19H2,1-2H3/b23-11+,24-12+. The maximum atomic E-state index is 13.7. The van der Waals surface area contributed by atoms with Crippen LogP contribution in [0.2, 0.25) is 5.02 Å². The van der Waals surface area contributed by atoms with Crippen LogP contribution in [0.3, 0.4) is 0 Å². The summed E-state index contributed by atoms with van der Waals surface area (Å²) in [7, 11) is 3.15. The molecule has 4 rings (SSSR count). The summed E-state index contributed by atoms with van der Waals surface area (Å²) >= 11 is 13.6. The number of rotatable bonds is 10. The van der Waals surface area contributed by atoms with Gasteiger partial charge in [0.15, 0.2) is 19.4 Å². The van der Waals surface area contributed by atoms with Gasteiger partial charge in [0, 0.05) is 50.0 Å². The fourth-order valence-corrected chi connectivity index (χ4v) is 5.40. The Morgan fingerprint density at radius 2 is 1.33 bits per heavy atom. The van der Waals surface area contributed by atoms with Crippen molar-refractivity contribution in [2.45, 2.75) is 6.54 Å². The summed E-state index contributed by atoms with van der Waals surface area (Å²) in [4.78, 5) is 15.9. The van der Waals surface area contributed by atoms with Gasteiger partial charge in [-0.3, -0.25) is 9.69 Å². The molecule has 1 fully saturated rings.